The summed E-state index contributed by atoms with van der Waals surface area (Å²) in [7, 11) is 0. The fraction of sp³-hybridized carbons (Fsp3) is 0.250. The van der Waals surface area contributed by atoms with E-state index < -0.39 is 11.7 Å². The molecule has 1 rings (SSSR count). The molecule has 0 N–H and O–H groups in total. The summed E-state index contributed by atoms with van der Waals surface area (Å²) in [5, 5.41) is 0. The molecular formula is C8H4Br2ClF3. The quantitative estimate of drug-likeness (QED) is 0.626. The molecule has 0 heterocycles. The largest absolute Gasteiger partial charge is 0.417 e. The number of rotatable bonds is 1. The topological polar surface area (TPSA) is 0 Å². The van der Waals surface area contributed by atoms with Gasteiger partial charge in [-0.2, -0.15) is 13.2 Å². The minimum Gasteiger partial charge on any atom is -0.166 e. The van der Waals surface area contributed by atoms with E-state index in [1.165, 1.54) is 12.1 Å². The first-order valence-corrected chi connectivity index (χ1v) is 5.60. The third-order valence-corrected chi connectivity index (χ3v) is 3.29. The normalized spacial score (nSPS) is 11.9. The van der Waals surface area contributed by atoms with Crippen LogP contribution in [-0.2, 0) is 12.1 Å². The number of hydrogen-bond acceptors (Lipinski definition) is 0. The van der Waals surface area contributed by atoms with E-state index in [4.69, 9.17) is 11.6 Å². The van der Waals surface area contributed by atoms with E-state index in [0.29, 0.717) is 4.47 Å². The zero-order valence-corrected chi connectivity index (χ0v) is 10.6. The van der Waals surface area contributed by atoms with Gasteiger partial charge in [0.25, 0.3) is 0 Å². The van der Waals surface area contributed by atoms with Gasteiger partial charge >= 0.3 is 6.18 Å². The van der Waals surface area contributed by atoms with Crippen LogP contribution in [0.5, 0.6) is 0 Å². The minimum atomic E-state index is -4.40. The van der Waals surface area contributed by atoms with Crippen LogP contribution in [0.25, 0.3) is 0 Å². The highest BCUT2D eigenvalue weighted by atomic mass is 79.9. The fourth-order valence-corrected chi connectivity index (χ4v) is 2.54. The first kappa shape index (κ1) is 12.3. The molecule has 6 heteroatoms. The van der Waals surface area contributed by atoms with Crippen molar-refractivity contribution in [3.8, 4) is 0 Å². The van der Waals surface area contributed by atoms with Gasteiger partial charge in [0.1, 0.15) is 0 Å². The van der Waals surface area contributed by atoms with Gasteiger partial charge in [-0.25, -0.2) is 0 Å². The van der Waals surface area contributed by atoms with E-state index in [0.717, 1.165) is 0 Å². The molecule has 0 aliphatic carbocycles. The Morgan fingerprint density at radius 3 is 2.00 bits per heavy atom. The van der Waals surface area contributed by atoms with Gasteiger partial charge in [0.15, 0.2) is 0 Å². The zero-order chi connectivity index (χ0) is 10.9. The molecule has 0 bridgehead atoms. The summed E-state index contributed by atoms with van der Waals surface area (Å²) >= 11 is 11.4. The SMILES string of the molecule is FC(F)(F)c1c(Br)ccc(Br)c1CCl. The Kier molecular flexibility index (Phi) is 3.88. The lowest BCUT2D eigenvalue weighted by molar-refractivity contribution is -0.138. The van der Waals surface area contributed by atoms with Crippen LogP contribution in [0.15, 0.2) is 21.1 Å². The van der Waals surface area contributed by atoms with E-state index in [1.807, 2.05) is 0 Å². The van der Waals surface area contributed by atoms with Crippen LogP contribution < -0.4 is 0 Å². The number of alkyl halides is 4. The summed E-state index contributed by atoms with van der Waals surface area (Å²) in [5.74, 6) is -0.186. The van der Waals surface area contributed by atoms with Crippen LogP contribution in [0.2, 0.25) is 0 Å². The van der Waals surface area contributed by atoms with Crippen molar-refractivity contribution in [3.05, 3.63) is 32.2 Å². The van der Waals surface area contributed by atoms with Crippen molar-refractivity contribution in [2.45, 2.75) is 12.1 Å². The van der Waals surface area contributed by atoms with E-state index in [-0.39, 0.29) is 15.9 Å². The third kappa shape index (κ3) is 2.44. The first-order valence-electron chi connectivity index (χ1n) is 3.48. The van der Waals surface area contributed by atoms with Crippen molar-refractivity contribution >= 4 is 43.5 Å². The molecular weight excluding hydrogens is 348 g/mol. The van der Waals surface area contributed by atoms with Crippen LogP contribution >= 0.6 is 43.5 Å². The fourth-order valence-electron chi connectivity index (χ4n) is 1.03. The van der Waals surface area contributed by atoms with Gasteiger partial charge in [0.2, 0.25) is 0 Å². The predicted octanol–water partition coefficient (Wildman–Crippen LogP) is 4.97. The average molecular weight is 352 g/mol. The van der Waals surface area contributed by atoms with Crippen LogP contribution in [0.1, 0.15) is 11.1 Å². The van der Waals surface area contributed by atoms with Gasteiger partial charge in [-0.1, -0.05) is 31.9 Å². The first-order chi connectivity index (χ1) is 6.38. The second-order valence-electron chi connectivity index (χ2n) is 2.51. The Bertz CT molecular complexity index is 349. The van der Waals surface area contributed by atoms with Crippen molar-refractivity contribution < 1.29 is 13.2 Å². The molecule has 0 saturated heterocycles. The lowest BCUT2D eigenvalue weighted by atomic mass is 10.1. The standard InChI is InChI=1S/C8H4Br2ClF3/c9-5-1-2-6(10)7(4(5)3-11)8(12,13)14/h1-2H,3H2. The molecule has 0 aromatic heterocycles. The van der Waals surface area contributed by atoms with Crippen molar-refractivity contribution in [3.63, 3.8) is 0 Å². The molecule has 78 valence electrons. The summed E-state index contributed by atoms with van der Waals surface area (Å²) in [6, 6.07) is 2.86. The maximum atomic E-state index is 12.6. The molecule has 0 fully saturated rings. The van der Waals surface area contributed by atoms with Crippen LogP contribution in [0.3, 0.4) is 0 Å². The van der Waals surface area contributed by atoms with Crippen LogP contribution in [-0.4, -0.2) is 0 Å². The van der Waals surface area contributed by atoms with Crippen molar-refractivity contribution in [2.75, 3.05) is 0 Å². The van der Waals surface area contributed by atoms with Crippen molar-refractivity contribution in [1.29, 1.82) is 0 Å². The molecule has 1 aromatic rings. The number of halogens is 6. The van der Waals surface area contributed by atoms with Crippen LogP contribution in [0, 0.1) is 0 Å². The monoisotopic (exact) mass is 350 g/mol. The maximum absolute atomic E-state index is 12.6. The van der Waals surface area contributed by atoms with Gasteiger partial charge in [-0.05, 0) is 17.7 Å². The van der Waals surface area contributed by atoms with Crippen LogP contribution in [0.4, 0.5) is 13.2 Å². The van der Waals surface area contributed by atoms with Gasteiger partial charge in [0, 0.05) is 14.8 Å². The highest BCUT2D eigenvalue weighted by molar-refractivity contribution is 9.11. The smallest absolute Gasteiger partial charge is 0.166 e. The lowest BCUT2D eigenvalue weighted by Gasteiger charge is -2.14. The Morgan fingerprint density at radius 1 is 1.14 bits per heavy atom. The van der Waals surface area contributed by atoms with E-state index >= 15 is 0 Å². The van der Waals surface area contributed by atoms with Crippen molar-refractivity contribution in [2.24, 2.45) is 0 Å². The predicted molar refractivity (Wildman–Crippen MR) is 56.4 cm³/mol. The summed E-state index contributed by atoms with van der Waals surface area (Å²) in [4.78, 5) is 0. The highest BCUT2D eigenvalue weighted by Crippen LogP contribution is 2.40. The Balaban J connectivity index is 3.46. The highest BCUT2D eigenvalue weighted by Gasteiger charge is 2.36. The second kappa shape index (κ2) is 4.41. The molecule has 0 atom stereocenters. The molecule has 0 spiro atoms. The Morgan fingerprint density at radius 2 is 1.64 bits per heavy atom. The third-order valence-electron chi connectivity index (χ3n) is 1.62. The average Bonchev–Trinajstić information content (AvgIpc) is 2.06. The van der Waals surface area contributed by atoms with E-state index in [1.54, 1.807) is 0 Å². The van der Waals surface area contributed by atoms with Gasteiger partial charge < -0.3 is 0 Å². The molecule has 0 unspecified atom stereocenters. The summed E-state index contributed by atoms with van der Waals surface area (Å²) in [6.45, 7) is 0. The molecule has 0 aliphatic heterocycles. The van der Waals surface area contributed by atoms with E-state index in [2.05, 4.69) is 31.9 Å². The van der Waals surface area contributed by atoms with Gasteiger partial charge in [0.05, 0.1) is 5.56 Å². The molecule has 0 aliphatic rings. The molecule has 1 aromatic carbocycles. The number of benzene rings is 1. The van der Waals surface area contributed by atoms with E-state index in [9.17, 15) is 13.2 Å². The lowest BCUT2D eigenvalue weighted by Crippen LogP contribution is -2.10. The second-order valence-corrected chi connectivity index (χ2v) is 4.49. The molecule has 0 amide bonds. The number of hydrogen-bond donors (Lipinski definition) is 0. The summed E-state index contributed by atoms with van der Waals surface area (Å²) in [5.41, 5.74) is -0.671. The maximum Gasteiger partial charge on any atom is 0.417 e. The van der Waals surface area contributed by atoms with Crippen molar-refractivity contribution in [1.82, 2.24) is 0 Å². The minimum absolute atomic E-state index is 0.00356. The molecule has 14 heavy (non-hydrogen) atoms. The van der Waals surface area contributed by atoms with Gasteiger partial charge in [-0.3, -0.25) is 0 Å². The summed E-state index contributed by atoms with van der Waals surface area (Å²) < 4.78 is 38.1. The Hall–Kier alpha value is 0.260. The van der Waals surface area contributed by atoms with Gasteiger partial charge in [-0.15, -0.1) is 11.6 Å². The summed E-state index contributed by atoms with van der Waals surface area (Å²) in [6.07, 6.45) is -4.40. The zero-order valence-electron chi connectivity index (χ0n) is 6.63. The molecule has 0 nitrogen and oxygen atoms in total. The Labute approximate surface area is 101 Å². The molecule has 0 radical (unpaired) electrons. The molecule has 0 saturated carbocycles.